The third-order valence-electron chi connectivity index (χ3n) is 3.21. The van der Waals surface area contributed by atoms with E-state index in [0.717, 1.165) is 16.9 Å². The lowest BCUT2D eigenvalue weighted by Crippen LogP contribution is -2.23. The van der Waals surface area contributed by atoms with Crippen molar-refractivity contribution in [1.29, 1.82) is 0 Å². The largest absolute Gasteiger partial charge is 0.346 e. The van der Waals surface area contributed by atoms with Crippen LogP contribution in [0.15, 0.2) is 48.8 Å². The average Bonchev–Trinajstić information content (AvgIpc) is 2.87. The van der Waals surface area contributed by atoms with E-state index in [1.165, 1.54) is 0 Å². The van der Waals surface area contributed by atoms with Crippen LogP contribution in [0.5, 0.6) is 0 Å². The standard InChI is InChI=1S/C16H14ClN3O/c1-11-5-6-13(14(17)8-11)16(21)18-9-12-10-20-7-3-2-4-15(20)19-12/h2-8,10H,9H2,1H3,(H,18,21). The zero-order valence-corrected chi connectivity index (χ0v) is 12.3. The minimum absolute atomic E-state index is 0.197. The zero-order chi connectivity index (χ0) is 14.8. The number of carbonyl (C=O) groups is 1. The van der Waals surface area contributed by atoms with Crippen molar-refractivity contribution in [2.45, 2.75) is 13.5 Å². The number of rotatable bonds is 3. The first-order valence-corrected chi connectivity index (χ1v) is 6.98. The third-order valence-corrected chi connectivity index (χ3v) is 3.53. The highest BCUT2D eigenvalue weighted by Crippen LogP contribution is 2.17. The average molecular weight is 300 g/mol. The first-order chi connectivity index (χ1) is 10.1. The van der Waals surface area contributed by atoms with Gasteiger partial charge in [-0.25, -0.2) is 4.98 Å². The fourth-order valence-electron chi connectivity index (χ4n) is 2.14. The van der Waals surface area contributed by atoms with Gasteiger partial charge in [-0.3, -0.25) is 4.79 Å². The van der Waals surface area contributed by atoms with Crippen LogP contribution in [0.25, 0.3) is 5.65 Å². The molecule has 0 unspecified atom stereocenters. The molecule has 4 nitrogen and oxygen atoms in total. The molecule has 0 atom stereocenters. The lowest BCUT2D eigenvalue weighted by atomic mass is 10.1. The number of imidazole rings is 1. The van der Waals surface area contributed by atoms with E-state index in [-0.39, 0.29) is 5.91 Å². The fourth-order valence-corrected chi connectivity index (χ4v) is 2.46. The van der Waals surface area contributed by atoms with Gasteiger partial charge in [-0.1, -0.05) is 23.7 Å². The van der Waals surface area contributed by atoms with E-state index in [1.54, 1.807) is 12.1 Å². The van der Waals surface area contributed by atoms with E-state index < -0.39 is 0 Å². The Balaban J connectivity index is 1.73. The molecule has 0 aliphatic rings. The zero-order valence-electron chi connectivity index (χ0n) is 11.5. The number of nitrogens with one attached hydrogen (secondary N) is 1. The predicted molar refractivity (Wildman–Crippen MR) is 82.6 cm³/mol. The van der Waals surface area contributed by atoms with Gasteiger partial charge in [0, 0.05) is 12.4 Å². The summed E-state index contributed by atoms with van der Waals surface area (Å²) in [5.74, 6) is -0.197. The highest BCUT2D eigenvalue weighted by Gasteiger charge is 2.10. The van der Waals surface area contributed by atoms with E-state index in [0.29, 0.717) is 17.1 Å². The molecule has 0 fully saturated rings. The van der Waals surface area contributed by atoms with Crippen molar-refractivity contribution >= 4 is 23.2 Å². The monoisotopic (exact) mass is 299 g/mol. The molecule has 106 valence electrons. The molecule has 0 aliphatic heterocycles. The number of halogens is 1. The van der Waals surface area contributed by atoms with Crippen molar-refractivity contribution in [3.63, 3.8) is 0 Å². The lowest BCUT2D eigenvalue weighted by molar-refractivity contribution is 0.0950. The summed E-state index contributed by atoms with van der Waals surface area (Å²) in [5, 5.41) is 3.30. The maximum absolute atomic E-state index is 12.1. The number of pyridine rings is 1. The molecular weight excluding hydrogens is 286 g/mol. The molecule has 0 spiro atoms. The van der Waals surface area contributed by atoms with Crippen molar-refractivity contribution < 1.29 is 4.79 Å². The normalized spacial score (nSPS) is 10.8. The van der Waals surface area contributed by atoms with E-state index in [1.807, 2.05) is 48.0 Å². The van der Waals surface area contributed by atoms with Crippen LogP contribution < -0.4 is 5.32 Å². The molecule has 2 aromatic heterocycles. The summed E-state index contributed by atoms with van der Waals surface area (Å²) in [7, 11) is 0. The Bertz CT molecular complexity index is 777. The number of hydrogen-bond acceptors (Lipinski definition) is 2. The predicted octanol–water partition coefficient (Wildman–Crippen LogP) is 3.23. The van der Waals surface area contributed by atoms with Gasteiger partial charge in [0.25, 0.3) is 5.91 Å². The summed E-state index contributed by atoms with van der Waals surface area (Å²) in [5.41, 5.74) is 3.16. The van der Waals surface area contributed by atoms with Crippen molar-refractivity contribution in [3.05, 3.63) is 70.6 Å². The third kappa shape index (κ3) is 2.90. The lowest BCUT2D eigenvalue weighted by Gasteiger charge is -2.06. The molecule has 1 amide bonds. The molecule has 0 aliphatic carbocycles. The van der Waals surface area contributed by atoms with E-state index in [2.05, 4.69) is 10.3 Å². The van der Waals surface area contributed by atoms with Crippen LogP contribution in [0, 0.1) is 6.92 Å². The number of fused-ring (bicyclic) bond motifs is 1. The highest BCUT2D eigenvalue weighted by atomic mass is 35.5. The van der Waals surface area contributed by atoms with Crippen molar-refractivity contribution in [1.82, 2.24) is 14.7 Å². The number of aromatic nitrogens is 2. The Kier molecular flexibility index (Phi) is 3.62. The molecule has 0 saturated carbocycles. The van der Waals surface area contributed by atoms with Crippen LogP contribution in [-0.4, -0.2) is 15.3 Å². The van der Waals surface area contributed by atoms with Gasteiger partial charge in [0.05, 0.1) is 22.8 Å². The molecule has 0 saturated heterocycles. The Labute approximate surface area is 127 Å². The number of hydrogen-bond donors (Lipinski definition) is 1. The van der Waals surface area contributed by atoms with Crippen LogP contribution >= 0.6 is 11.6 Å². The molecule has 1 aromatic carbocycles. The second-order valence-electron chi connectivity index (χ2n) is 4.86. The maximum Gasteiger partial charge on any atom is 0.253 e. The summed E-state index contributed by atoms with van der Waals surface area (Å²) < 4.78 is 1.92. The Morgan fingerprint density at radius 2 is 2.19 bits per heavy atom. The van der Waals surface area contributed by atoms with Crippen LogP contribution in [-0.2, 0) is 6.54 Å². The van der Waals surface area contributed by atoms with Gasteiger partial charge in [-0.15, -0.1) is 0 Å². The molecular formula is C16H14ClN3O. The summed E-state index contributed by atoms with van der Waals surface area (Å²) in [6.45, 7) is 2.30. The smallest absolute Gasteiger partial charge is 0.253 e. The minimum Gasteiger partial charge on any atom is -0.346 e. The van der Waals surface area contributed by atoms with Gasteiger partial charge in [-0.2, -0.15) is 0 Å². The Morgan fingerprint density at radius 1 is 1.33 bits per heavy atom. The van der Waals surface area contributed by atoms with Gasteiger partial charge < -0.3 is 9.72 Å². The molecule has 5 heteroatoms. The second kappa shape index (κ2) is 5.58. The molecule has 0 radical (unpaired) electrons. The van der Waals surface area contributed by atoms with Crippen LogP contribution in [0.2, 0.25) is 5.02 Å². The summed E-state index contributed by atoms with van der Waals surface area (Å²) in [6.07, 6.45) is 3.82. The van der Waals surface area contributed by atoms with Gasteiger partial charge in [0.1, 0.15) is 5.65 Å². The number of nitrogens with zero attached hydrogens (tertiary/aromatic N) is 2. The molecule has 2 heterocycles. The number of amides is 1. The first-order valence-electron chi connectivity index (χ1n) is 6.60. The number of benzene rings is 1. The SMILES string of the molecule is Cc1ccc(C(=O)NCc2cn3ccccc3n2)c(Cl)c1. The molecule has 21 heavy (non-hydrogen) atoms. The van der Waals surface area contributed by atoms with Gasteiger partial charge in [0.2, 0.25) is 0 Å². The minimum atomic E-state index is -0.197. The van der Waals surface area contributed by atoms with E-state index in [9.17, 15) is 4.79 Å². The molecule has 3 rings (SSSR count). The number of carbonyl (C=O) groups excluding carboxylic acids is 1. The molecule has 1 N–H and O–H groups in total. The van der Waals surface area contributed by atoms with Crippen molar-refractivity contribution in [3.8, 4) is 0 Å². The molecule has 0 bridgehead atoms. The molecule has 3 aromatic rings. The fraction of sp³-hybridized carbons (Fsp3) is 0.125. The van der Waals surface area contributed by atoms with E-state index >= 15 is 0 Å². The summed E-state index contributed by atoms with van der Waals surface area (Å²) in [4.78, 5) is 16.6. The van der Waals surface area contributed by atoms with Crippen LogP contribution in [0.1, 0.15) is 21.6 Å². The quantitative estimate of drug-likeness (QED) is 0.807. The number of aryl methyl sites for hydroxylation is 1. The van der Waals surface area contributed by atoms with Crippen molar-refractivity contribution in [2.75, 3.05) is 0 Å². The maximum atomic E-state index is 12.1. The van der Waals surface area contributed by atoms with Crippen molar-refractivity contribution in [2.24, 2.45) is 0 Å². The topological polar surface area (TPSA) is 46.4 Å². The van der Waals surface area contributed by atoms with Crippen LogP contribution in [0.3, 0.4) is 0 Å². The Morgan fingerprint density at radius 3 is 2.95 bits per heavy atom. The Hall–Kier alpha value is -2.33. The first kappa shape index (κ1) is 13.6. The van der Waals surface area contributed by atoms with Crippen LogP contribution in [0.4, 0.5) is 0 Å². The summed E-state index contributed by atoms with van der Waals surface area (Å²) in [6, 6.07) is 11.2. The highest BCUT2D eigenvalue weighted by molar-refractivity contribution is 6.33. The van der Waals surface area contributed by atoms with Gasteiger partial charge >= 0.3 is 0 Å². The summed E-state index contributed by atoms with van der Waals surface area (Å²) >= 11 is 6.09. The van der Waals surface area contributed by atoms with Gasteiger partial charge in [0.15, 0.2) is 0 Å². The second-order valence-corrected chi connectivity index (χ2v) is 5.27. The van der Waals surface area contributed by atoms with E-state index in [4.69, 9.17) is 11.6 Å². The van der Waals surface area contributed by atoms with Gasteiger partial charge in [-0.05, 0) is 36.8 Å².